The summed E-state index contributed by atoms with van der Waals surface area (Å²) in [7, 11) is -2.69. The van der Waals surface area contributed by atoms with Crippen molar-refractivity contribution in [2.24, 2.45) is 13.0 Å². The fraction of sp³-hybridized carbons (Fsp3) is 0.278. The summed E-state index contributed by atoms with van der Waals surface area (Å²) in [4.78, 5) is 30.8. The van der Waals surface area contributed by atoms with Crippen LogP contribution in [0.3, 0.4) is 0 Å². The van der Waals surface area contributed by atoms with Crippen LogP contribution in [0.5, 0.6) is 0 Å². The minimum atomic E-state index is -5.14. The Labute approximate surface area is 313 Å². The molecule has 12 nitrogen and oxygen atoms in total. The Bertz CT molecular complexity index is 2630. The third-order valence-electron chi connectivity index (χ3n) is 9.47. The van der Waals surface area contributed by atoms with E-state index in [2.05, 4.69) is 26.2 Å². The van der Waals surface area contributed by atoms with Crippen molar-refractivity contribution in [3.63, 3.8) is 0 Å². The zero-order chi connectivity index (χ0) is 40.6. The van der Waals surface area contributed by atoms with Crippen LogP contribution in [0.1, 0.15) is 47.1 Å². The molecule has 0 spiro atoms. The molecule has 2 unspecified atom stereocenters. The minimum Gasteiger partial charge on any atom is -0.397 e. The first-order valence-corrected chi connectivity index (χ1v) is 18.5. The smallest absolute Gasteiger partial charge is 0.397 e. The number of aromatic nitrogens is 5. The number of amides is 2. The minimum absolute atomic E-state index is 0.000858. The van der Waals surface area contributed by atoms with Gasteiger partial charge in [-0.1, -0.05) is 12.1 Å². The number of alkyl halides is 5. The largest absolute Gasteiger partial charge is 0.435 e. The standard InChI is InChI=1S/C36H29F7N8O4S/c1-17(52)51(56(3,54)55)34-24-8-4-6-22(31(24)49(2)48-34)25-14-21(44)15-45-30(25)27(12-18-10-19(37)13-20(38)11-18)46-28(53)16-50-33-29(32(47-50)36(41,42)43)23-7-5-9-26(23)35(33,39)40/h4,6-11,13-15,23,26-27H,12,16,44H2,1-3H3,(H,46,53)/t23?,26?,27-/m0/s1. The van der Waals surface area contributed by atoms with Crippen LogP contribution >= 0.6 is 0 Å². The number of benzene rings is 2. The van der Waals surface area contributed by atoms with Gasteiger partial charge in [-0.05, 0) is 48.4 Å². The van der Waals surface area contributed by atoms with E-state index in [0.717, 1.165) is 37.5 Å². The molecule has 0 radical (unpaired) electrons. The molecule has 56 heavy (non-hydrogen) atoms. The Kier molecular flexibility index (Phi) is 9.11. The maximum absolute atomic E-state index is 15.7. The molecule has 0 saturated carbocycles. The normalized spacial score (nSPS) is 17.6. The van der Waals surface area contributed by atoms with Crippen molar-refractivity contribution >= 4 is 44.2 Å². The van der Waals surface area contributed by atoms with E-state index in [1.54, 1.807) is 6.07 Å². The Morgan fingerprint density at radius 3 is 2.41 bits per heavy atom. The molecule has 0 fully saturated rings. The topological polar surface area (TPSA) is 158 Å². The van der Waals surface area contributed by atoms with E-state index in [-0.39, 0.29) is 51.2 Å². The number of pyridine rings is 1. The first kappa shape index (κ1) is 38.3. The van der Waals surface area contributed by atoms with Gasteiger partial charge in [0.15, 0.2) is 11.5 Å². The van der Waals surface area contributed by atoms with Crippen molar-refractivity contribution < 1.29 is 48.7 Å². The van der Waals surface area contributed by atoms with E-state index >= 15 is 8.78 Å². The Morgan fingerprint density at radius 2 is 1.77 bits per heavy atom. The van der Waals surface area contributed by atoms with Gasteiger partial charge in [0, 0.05) is 48.0 Å². The molecule has 2 aromatic carbocycles. The molecule has 3 atom stereocenters. The zero-order valence-corrected chi connectivity index (χ0v) is 30.2. The number of fused-ring (bicyclic) bond motifs is 4. The van der Waals surface area contributed by atoms with E-state index < -0.39 is 86.9 Å². The van der Waals surface area contributed by atoms with E-state index in [9.17, 15) is 40.0 Å². The number of halogens is 7. The van der Waals surface area contributed by atoms with Gasteiger partial charge in [0.05, 0.1) is 41.3 Å². The van der Waals surface area contributed by atoms with Crippen molar-refractivity contribution in [3.05, 3.63) is 106 Å². The van der Waals surface area contributed by atoms with E-state index in [1.807, 2.05) is 0 Å². The third-order valence-corrected chi connectivity index (χ3v) is 10.6. The van der Waals surface area contributed by atoms with Gasteiger partial charge in [-0.2, -0.15) is 36.5 Å². The number of nitrogen functional groups attached to an aromatic ring is 1. The summed E-state index contributed by atoms with van der Waals surface area (Å²) in [6.45, 7) is -0.0809. The number of aryl methyl sites for hydroxylation is 1. The van der Waals surface area contributed by atoms with Gasteiger partial charge < -0.3 is 11.1 Å². The molecule has 2 aliphatic carbocycles. The summed E-state index contributed by atoms with van der Waals surface area (Å²) in [6.07, 6.45) is -1.43. The highest BCUT2D eigenvalue weighted by Gasteiger charge is 2.60. The van der Waals surface area contributed by atoms with Gasteiger partial charge in [-0.15, -0.1) is 5.73 Å². The number of anilines is 2. The van der Waals surface area contributed by atoms with Crippen LogP contribution in [0, 0.1) is 17.6 Å². The lowest BCUT2D eigenvalue weighted by Gasteiger charge is -2.23. The van der Waals surface area contributed by atoms with Crippen LogP contribution < -0.4 is 15.4 Å². The Hall–Kier alpha value is -6.01. The van der Waals surface area contributed by atoms with Crippen LogP contribution in [-0.2, 0) is 51.7 Å². The number of allylic oxidation sites excluding steroid dienone is 1. The van der Waals surface area contributed by atoms with Crippen LogP contribution in [0.25, 0.3) is 22.0 Å². The number of sulfonamides is 1. The lowest BCUT2D eigenvalue weighted by atomic mass is 9.94. The third kappa shape index (κ3) is 6.57. The second kappa shape index (κ2) is 13.3. The molecule has 292 valence electrons. The number of nitrogens with two attached hydrogens (primary N) is 1. The first-order valence-electron chi connectivity index (χ1n) is 16.6. The molecule has 3 N–H and O–H groups in total. The maximum Gasteiger partial charge on any atom is 0.435 e. The number of hydrogen-bond donors (Lipinski definition) is 2. The highest BCUT2D eigenvalue weighted by molar-refractivity contribution is 7.92. The van der Waals surface area contributed by atoms with Gasteiger partial charge in [-0.25, -0.2) is 17.2 Å². The lowest BCUT2D eigenvalue weighted by Crippen LogP contribution is -2.35. The lowest BCUT2D eigenvalue weighted by molar-refractivity contribution is -0.142. The van der Waals surface area contributed by atoms with Crippen molar-refractivity contribution in [1.82, 2.24) is 29.9 Å². The molecule has 0 saturated heterocycles. The summed E-state index contributed by atoms with van der Waals surface area (Å²) >= 11 is 0. The van der Waals surface area contributed by atoms with E-state index in [0.29, 0.717) is 15.1 Å². The first-order chi connectivity index (χ1) is 26.2. The van der Waals surface area contributed by atoms with Gasteiger partial charge in [-0.3, -0.25) is 23.9 Å². The van der Waals surface area contributed by atoms with Crippen LogP contribution in [0.15, 0.2) is 66.5 Å². The molecule has 0 bridgehead atoms. The molecule has 2 aliphatic rings. The average molecular weight is 803 g/mol. The number of carbonyl (C=O) groups is 2. The highest BCUT2D eigenvalue weighted by Crippen LogP contribution is 2.58. The monoisotopic (exact) mass is 802 g/mol. The molecule has 7 rings (SSSR count). The fourth-order valence-corrected chi connectivity index (χ4v) is 8.37. The summed E-state index contributed by atoms with van der Waals surface area (Å²) in [5.74, 6) is -11.0. The summed E-state index contributed by atoms with van der Waals surface area (Å²) < 4.78 is 130. The van der Waals surface area contributed by atoms with Crippen molar-refractivity contribution in [2.75, 3.05) is 16.3 Å². The number of carbonyl (C=O) groups excluding carboxylic acids is 2. The second-order valence-corrected chi connectivity index (χ2v) is 15.3. The fourth-order valence-electron chi connectivity index (χ4n) is 7.46. The van der Waals surface area contributed by atoms with Crippen molar-refractivity contribution in [3.8, 4) is 11.1 Å². The van der Waals surface area contributed by atoms with E-state index in [4.69, 9.17) is 5.73 Å². The molecule has 0 aliphatic heterocycles. The predicted molar refractivity (Wildman–Crippen MR) is 187 cm³/mol. The molecule has 3 heterocycles. The highest BCUT2D eigenvalue weighted by atomic mass is 32.2. The van der Waals surface area contributed by atoms with Crippen molar-refractivity contribution in [1.29, 1.82) is 0 Å². The van der Waals surface area contributed by atoms with Crippen LogP contribution in [0.4, 0.5) is 42.2 Å². The average Bonchev–Trinajstić information content (AvgIpc) is 3.83. The summed E-state index contributed by atoms with van der Waals surface area (Å²) in [6, 6.07) is 7.24. The van der Waals surface area contributed by atoms with Gasteiger partial charge in [0.1, 0.15) is 23.9 Å². The van der Waals surface area contributed by atoms with Gasteiger partial charge in [0.2, 0.25) is 21.8 Å². The quantitative estimate of drug-likeness (QED) is 0.143. The SMILES string of the molecule is CC(=O)N(c1nn(C)c2c(-c3cc(N)cnc3[C@H](Cc3cc(F)cc(F)c3)NC(=O)Cn3nc(C(F)(F)F)c4c3C(F)(F)C3C=C=CC43)cccc12)S(C)(=O)=O. The molecule has 3 aromatic heterocycles. The molecular formula is C36H29F7N8O4S. The number of nitrogens with one attached hydrogen (secondary N) is 1. The molecule has 5 aromatic rings. The van der Waals surface area contributed by atoms with E-state index in [1.165, 1.54) is 36.1 Å². The second-order valence-electron chi connectivity index (χ2n) is 13.4. The molecule has 2 amide bonds. The number of hydrogen-bond acceptors (Lipinski definition) is 8. The molecule has 20 heteroatoms. The summed E-state index contributed by atoms with van der Waals surface area (Å²) in [5, 5.41) is 10.5. The number of rotatable bonds is 9. The van der Waals surface area contributed by atoms with Gasteiger partial charge >= 0.3 is 6.18 Å². The van der Waals surface area contributed by atoms with Gasteiger partial charge in [0.25, 0.3) is 5.92 Å². The van der Waals surface area contributed by atoms with Crippen LogP contribution in [-0.4, -0.2) is 51.0 Å². The maximum atomic E-state index is 15.7. The zero-order valence-electron chi connectivity index (χ0n) is 29.4. The number of para-hydroxylation sites is 1. The van der Waals surface area contributed by atoms with Crippen LogP contribution in [0.2, 0.25) is 0 Å². The Morgan fingerprint density at radius 1 is 1.07 bits per heavy atom. The predicted octanol–water partition coefficient (Wildman–Crippen LogP) is 5.65. The Balaban J connectivity index is 1.35. The summed E-state index contributed by atoms with van der Waals surface area (Å²) in [5.41, 5.74) is 6.00. The van der Waals surface area contributed by atoms with Crippen molar-refractivity contribution in [2.45, 2.75) is 43.9 Å². The number of nitrogens with zero attached hydrogens (tertiary/aromatic N) is 6. The molecular weight excluding hydrogens is 774 g/mol.